The van der Waals surface area contributed by atoms with E-state index >= 15 is 0 Å². The van der Waals surface area contributed by atoms with Gasteiger partial charge < -0.3 is 9.64 Å². The molecule has 0 radical (unpaired) electrons. The Morgan fingerprint density at radius 2 is 1.67 bits per heavy atom. The van der Waals surface area contributed by atoms with E-state index < -0.39 is 32.0 Å². The third kappa shape index (κ3) is 7.15. The van der Waals surface area contributed by atoms with Crippen LogP contribution in [0.2, 0.25) is 5.02 Å². The Balaban J connectivity index is 1.52. The number of benzene rings is 3. The lowest BCUT2D eigenvalue weighted by molar-refractivity contribution is -0.134. The highest BCUT2D eigenvalue weighted by molar-refractivity contribution is 7.89. The molecular formula is C29H31ClF2N2O4S. The number of amides is 1. The Morgan fingerprint density at radius 1 is 1.03 bits per heavy atom. The largest absolute Gasteiger partial charge is 0.493 e. The summed E-state index contributed by atoms with van der Waals surface area (Å²) in [6, 6.07) is 17.2. The first kappa shape index (κ1) is 29.0. The highest BCUT2D eigenvalue weighted by Crippen LogP contribution is 2.38. The average molecular weight is 577 g/mol. The number of ether oxygens (including phenoxy) is 1. The smallest absolute Gasteiger partial charge is 0.243 e. The van der Waals surface area contributed by atoms with Crippen molar-refractivity contribution in [2.45, 2.75) is 37.6 Å². The molecular weight excluding hydrogens is 546 g/mol. The number of carbonyl (C=O) groups excluding carboxylic acids is 1. The van der Waals surface area contributed by atoms with E-state index in [0.29, 0.717) is 36.2 Å². The summed E-state index contributed by atoms with van der Waals surface area (Å²) in [6.07, 6.45) is 0.828. The van der Waals surface area contributed by atoms with Crippen LogP contribution in [0.15, 0.2) is 71.6 Å². The van der Waals surface area contributed by atoms with Crippen molar-refractivity contribution in [3.05, 3.63) is 94.5 Å². The molecule has 0 aromatic heterocycles. The summed E-state index contributed by atoms with van der Waals surface area (Å²) in [4.78, 5) is 14.6. The van der Waals surface area contributed by atoms with Gasteiger partial charge in [-0.3, -0.25) is 4.79 Å². The molecule has 0 unspecified atom stereocenters. The second kappa shape index (κ2) is 12.0. The Bertz CT molecular complexity index is 1410. The maximum absolute atomic E-state index is 13.7. The van der Waals surface area contributed by atoms with Gasteiger partial charge in [0.15, 0.2) is 0 Å². The highest BCUT2D eigenvalue weighted by Gasteiger charge is 2.41. The molecule has 1 saturated heterocycles. The second-order valence-corrected chi connectivity index (χ2v) is 12.5. The molecule has 1 aliphatic heterocycles. The van der Waals surface area contributed by atoms with Gasteiger partial charge in [0.1, 0.15) is 17.4 Å². The zero-order chi connectivity index (χ0) is 28.2. The third-order valence-corrected chi connectivity index (χ3v) is 9.45. The number of piperidine rings is 1. The zero-order valence-electron chi connectivity index (χ0n) is 21.9. The lowest BCUT2D eigenvalue weighted by Crippen LogP contribution is -2.47. The van der Waals surface area contributed by atoms with E-state index in [1.165, 1.54) is 4.31 Å². The maximum atomic E-state index is 13.7. The Hall–Kier alpha value is -3.01. The number of hydrogen-bond donors (Lipinski definition) is 0. The van der Waals surface area contributed by atoms with E-state index in [4.69, 9.17) is 16.3 Å². The minimum absolute atomic E-state index is 0.0825. The Kier molecular flexibility index (Phi) is 8.93. The van der Waals surface area contributed by atoms with Crippen LogP contribution in [0.5, 0.6) is 5.75 Å². The summed E-state index contributed by atoms with van der Waals surface area (Å²) < 4.78 is 61.2. The number of carbonyl (C=O) groups is 1. The van der Waals surface area contributed by atoms with Gasteiger partial charge in [-0.15, -0.1) is 0 Å². The van der Waals surface area contributed by atoms with Crippen LogP contribution in [0.4, 0.5) is 8.78 Å². The van der Waals surface area contributed by atoms with Crippen molar-refractivity contribution in [3.8, 4) is 5.75 Å². The third-order valence-electron chi connectivity index (χ3n) is 7.15. The van der Waals surface area contributed by atoms with Crippen molar-refractivity contribution >= 4 is 27.5 Å². The molecule has 3 aromatic carbocycles. The molecule has 1 heterocycles. The monoisotopic (exact) mass is 576 g/mol. The first-order valence-corrected chi connectivity index (χ1v) is 14.4. The van der Waals surface area contributed by atoms with Gasteiger partial charge in [0, 0.05) is 49.6 Å². The fourth-order valence-electron chi connectivity index (χ4n) is 4.74. The lowest BCUT2D eigenvalue weighted by atomic mass is 9.76. The van der Waals surface area contributed by atoms with E-state index in [1.807, 2.05) is 43.3 Å². The molecule has 208 valence electrons. The van der Waals surface area contributed by atoms with Crippen LogP contribution in [0.1, 0.15) is 30.4 Å². The van der Waals surface area contributed by atoms with Crippen LogP contribution in [0, 0.1) is 24.0 Å². The molecule has 0 bridgehead atoms. The summed E-state index contributed by atoms with van der Waals surface area (Å²) in [7, 11) is -2.38. The minimum Gasteiger partial charge on any atom is -0.493 e. The van der Waals surface area contributed by atoms with Gasteiger partial charge in [0.05, 0.1) is 11.5 Å². The van der Waals surface area contributed by atoms with E-state index in [0.717, 1.165) is 23.3 Å². The van der Waals surface area contributed by atoms with E-state index in [2.05, 4.69) is 0 Å². The van der Waals surface area contributed by atoms with E-state index in [-0.39, 0.29) is 32.0 Å². The molecule has 0 atom stereocenters. The maximum Gasteiger partial charge on any atom is 0.243 e. The van der Waals surface area contributed by atoms with Crippen molar-refractivity contribution < 1.29 is 26.7 Å². The minimum atomic E-state index is -4.12. The van der Waals surface area contributed by atoms with Crippen LogP contribution in [-0.2, 0) is 21.4 Å². The standard InChI is InChI=1S/C29H31ClF2N2O4S/c1-21-14-25(8-9-27(21)30)38-20-29(18-28(35)33(2)19-22-6-4-3-5-7-22)10-12-34(13-11-29)39(36,37)26-16-23(31)15-24(32)17-26/h3-9,14-17H,10-13,18-20H2,1-2H3. The summed E-state index contributed by atoms with van der Waals surface area (Å²) in [6.45, 7) is 2.67. The van der Waals surface area contributed by atoms with Crippen molar-refractivity contribution in [1.29, 1.82) is 0 Å². The van der Waals surface area contributed by atoms with Gasteiger partial charge in [-0.25, -0.2) is 17.2 Å². The molecule has 0 spiro atoms. The molecule has 1 amide bonds. The Morgan fingerprint density at radius 3 is 2.28 bits per heavy atom. The average Bonchev–Trinajstić information content (AvgIpc) is 2.90. The van der Waals surface area contributed by atoms with Gasteiger partial charge in [-0.05, 0) is 61.2 Å². The van der Waals surface area contributed by atoms with E-state index in [1.54, 1.807) is 24.1 Å². The van der Waals surface area contributed by atoms with Crippen LogP contribution in [0.25, 0.3) is 0 Å². The molecule has 1 aliphatic rings. The molecule has 4 rings (SSSR count). The fraction of sp³-hybridized carbons (Fsp3) is 0.345. The molecule has 0 saturated carbocycles. The first-order valence-electron chi connectivity index (χ1n) is 12.6. The molecule has 0 aliphatic carbocycles. The highest BCUT2D eigenvalue weighted by atomic mass is 35.5. The lowest BCUT2D eigenvalue weighted by Gasteiger charge is -2.41. The van der Waals surface area contributed by atoms with Crippen LogP contribution in [-0.4, -0.2) is 50.3 Å². The number of sulfonamides is 1. The van der Waals surface area contributed by atoms with Crippen molar-refractivity contribution in [3.63, 3.8) is 0 Å². The summed E-state index contributed by atoms with van der Waals surface area (Å²) in [5.74, 6) is -1.40. The number of aryl methyl sites for hydroxylation is 1. The van der Waals surface area contributed by atoms with Crippen LogP contribution < -0.4 is 4.74 Å². The van der Waals surface area contributed by atoms with Crippen molar-refractivity contribution in [2.75, 3.05) is 26.7 Å². The number of nitrogens with zero attached hydrogens (tertiary/aromatic N) is 2. The SMILES string of the molecule is Cc1cc(OCC2(CC(=O)N(C)Cc3ccccc3)CCN(S(=O)(=O)c3cc(F)cc(F)c3)CC2)ccc1Cl. The molecule has 0 N–H and O–H groups in total. The van der Waals surface area contributed by atoms with Gasteiger partial charge in [-0.1, -0.05) is 41.9 Å². The predicted octanol–water partition coefficient (Wildman–Crippen LogP) is 5.83. The van der Waals surface area contributed by atoms with Gasteiger partial charge >= 0.3 is 0 Å². The molecule has 1 fully saturated rings. The normalized spacial score (nSPS) is 15.6. The Labute approximate surface area is 233 Å². The van der Waals surface area contributed by atoms with Crippen LogP contribution in [0.3, 0.4) is 0 Å². The number of hydrogen-bond acceptors (Lipinski definition) is 4. The zero-order valence-corrected chi connectivity index (χ0v) is 23.4. The second-order valence-electron chi connectivity index (χ2n) is 10.1. The predicted molar refractivity (Wildman–Crippen MR) is 146 cm³/mol. The molecule has 3 aromatic rings. The summed E-state index contributed by atoms with van der Waals surface area (Å²) in [5.41, 5.74) is 1.21. The number of halogens is 3. The molecule has 10 heteroatoms. The first-order chi connectivity index (χ1) is 18.5. The van der Waals surface area contributed by atoms with Gasteiger partial charge in [0.25, 0.3) is 0 Å². The van der Waals surface area contributed by atoms with Crippen molar-refractivity contribution in [2.24, 2.45) is 5.41 Å². The number of rotatable bonds is 9. The summed E-state index contributed by atoms with van der Waals surface area (Å²) in [5, 5.41) is 0.613. The van der Waals surface area contributed by atoms with E-state index in [9.17, 15) is 22.0 Å². The molecule has 6 nitrogen and oxygen atoms in total. The molecule has 39 heavy (non-hydrogen) atoms. The topological polar surface area (TPSA) is 66.9 Å². The quantitative estimate of drug-likeness (QED) is 0.322. The van der Waals surface area contributed by atoms with Crippen LogP contribution >= 0.6 is 11.6 Å². The summed E-state index contributed by atoms with van der Waals surface area (Å²) >= 11 is 6.14. The van der Waals surface area contributed by atoms with Gasteiger partial charge in [0.2, 0.25) is 15.9 Å². The van der Waals surface area contributed by atoms with Gasteiger partial charge in [-0.2, -0.15) is 4.31 Å². The van der Waals surface area contributed by atoms with Crippen molar-refractivity contribution in [1.82, 2.24) is 9.21 Å². The fourth-order valence-corrected chi connectivity index (χ4v) is 6.35.